The summed E-state index contributed by atoms with van der Waals surface area (Å²) in [5, 5.41) is 8.09. The van der Waals surface area contributed by atoms with E-state index in [0.29, 0.717) is 5.02 Å². The van der Waals surface area contributed by atoms with Crippen LogP contribution in [-0.2, 0) is 4.74 Å². The summed E-state index contributed by atoms with van der Waals surface area (Å²) in [6.45, 7) is 5.75. The highest BCUT2D eigenvalue weighted by molar-refractivity contribution is 7.80. The van der Waals surface area contributed by atoms with Crippen LogP contribution in [0.25, 0.3) is 0 Å². The molecule has 9 heteroatoms. The Kier molecular flexibility index (Phi) is 7.70. The van der Waals surface area contributed by atoms with Crippen molar-refractivity contribution in [2.75, 3.05) is 11.9 Å². The highest BCUT2D eigenvalue weighted by atomic mass is 35.5. The van der Waals surface area contributed by atoms with Crippen molar-refractivity contribution in [2.45, 2.75) is 33.2 Å². The van der Waals surface area contributed by atoms with Crippen molar-refractivity contribution >= 4 is 46.7 Å². The molecule has 0 saturated heterocycles. The van der Waals surface area contributed by atoms with E-state index >= 15 is 0 Å². The predicted octanol–water partition coefficient (Wildman–Crippen LogP) is 2.71. The van der Waals surface area contributed by atoms with Gasteiger partial charge in [0.1, 0.15) is 11.5 Å². The lowest BCUT2D eigenvalue weighted by atomic mass is 10.2. The van der Waals surface area contributed by atoms with Crippen LogP contribution in [0.15, 0.2) is 12.1 Å². The first-order valence-corrected chi connectivity index (χ1v) is 7.87. The number of ether oxygens (including phenoxy) is 1. The smallest absolute Gasteiger partial charge is 0.413 e. The van der Waals surface area contributed by atoms with E-state index in [1.54, 1.807) is 6.92 Å². The minimum Gasteiger partial charge on any atom is -0.450 e. The summed E-state index contributed by atoms with van der Waals surface area (Å²) >= 11 is 10.9. The summed E-state index contributed by atoms with van der Waals surface area (Å²) in [6, 6.07) is 2.96. The first kappa shape index (κ1) is 19.1. The van der Waals surface area contributed by atoms with Gasteiger partial charge in [-0.05, 0) is 44.6 Å². The molecule has 0 saturated carbocycles. The van der Waals surface area contributed by atoms with Crippen LogP contribution in [0.5, 0.6) is 0 Å². The Morgan fingerprint density at radius 2 is 2.09 bits per heavy atom. The van der Waals surface area contributed by atoms with Crippen molar-refractivity contribution in [1.29, 1.82) is 0 Å². The molecule has 0 aliphatic rings. The minimum atomic E-state index is -0.679. The van der Waals surface area contributed by atoms with Crippen LogP contribution in [0, 0.1) is 0 Å². The quantitative estimate of drug-likeness (QED) is 0.701. The molecule has 1 rings (SSSR count). The van der Waals surface area contributed by atoms with Gasteiger partial charge >= 0.3 is 6.09 Å². The number of thiocarbonyl (C=S) groups is 1. The monoisotopic (exact) mass is 358 g/mol. The van der Waals surface area contributed by atoms with Gasteiger partial charge in [-0.15, -0.1) is 0 Å². The number of aromatic nitrogens is 1. The number of alkyl carbamates (subject to hydrolysis) is 1. The van der Waals surface area contributed by atoms with Gasteiger partial charge in [-0.3, -0.25) is 10.1 Å². The third-order valence-electron chi connectivity index (χ3n) is 2.75. The van der Waals surface area contributed by atoms with Gasteiger partial charge in [0, 0.05) is 11.1 Å². The summed E-state index contributed by atoms with van der Waals surface area (Å²) < 4.78 is 4.70. The first-order chi connectivity index (χ1) is 10.8. The Morgan fingerprint density at radius 3 is 2.70 bits per heavy atom. The Balaban J connectivity index is 2.79. The molecule has 0 radical (unpaired) electrons. The van der Waals surface area contributed by atoms with Crippen LogP contribution in [0.2, 0.25) is 5.02 Å². The second-order valence-corrected chi connectivity index (χ2v) is 5.48. The van der Waals surface area contributed by atoms with Gasteiger partial charge in [-0.1, -0.05) is 18.5 Å². The number of carbonyl (C=O) groups excluding carboxylic acids is 2. The third kappa shape index (κ3) is 6.79. The van der Waals surface area contributed by atoms with E-state index in [1.807, 2.05) is 13.8 Å². The maximum atomic E-state index is 12.1. The number of hydrogen-bond acceptors (Lipinski definition) is 5. The van der Waals surface area contributed by atoms with Gasteiger partial charge in [0.15, 0.2) is 5.11 Å². The second kappa shape index (κ2) is 9.26. The maximum absolute atomic E-state index is 12.1. The van der Waals surface area contributed by atoms with E-state index < -0.39 is 6.09 Å². The van der Waals surface area contributed by atoms with Crippen LogP contribution < -0.4 is 16.0 Å². The molecule has 0 fully saturated rings. The molecule has 0 spiro atoms. The SMILES string of the molecule is CCOC(=O)NC(=S)Nc1cc(Cl)cc(C(=O)NC(C)CC)n1. The zero-order valence-electron chi connectivity index (χ0n) is 13.1. The number of hydrogen-bond donors (Lipinski definition) is 3. The van der Waals surface area contributed by atoms with Crippen LogP contribution in [-0.4, -0.2) is 34.7 Å². The lowest BCUT2D eigenvalue weighted by Gasteiger charge is -2.13. The average molecular weight is 359 g/mol. The molecule has 0 aliphatic carbocycles. The van der Waals surface area contributed by atoms with Crippen molar-refractivity contribution in [3.8, 4) is 0 Å². The molecule has 1 aromatic rings. The number of pyridine rings is 1. The van der Waals surface area contributed by atoms with Gasteiger partial charge in [0.2, 0.25) is 0 Å². The van der Waals surface area contributed by atoms with Gasteiger partial charge in [-0.25, -0.2) is 9.78 Å². The van der Waals surface area contributed by atoms with Crippen molar-refractivity contribution < 1.29 is 14.3 Å². The number of amides is 2. The lowest BCUT2D eigenvalue weighted by Crippen LogP contribution is -2.35. The molecule has 1 aromatic heterocycles. The summed E-state index contributed by atoms with van der Waals surface area (Å²) in [5.41, 5.74) is 0.152. The molecule has 126 valence electrons. The zero-order valence-corrected chi connectivity index (χ0v) is 14.7. The first-order valence-electron chi connectivity index (χ1n) is 7.08. The highest BCUT2D eigenvalue weighted by Crippen LogP contribution is 2.15. The molecule has 3 N–H and O–H groups in total. The number of rotatable bonds is 5. The van der Waals surface area contributed by atoms with Crippen LogP contribution in [0.3, 0.4) is 0 Å². The Bertz CT molecular complexity index is 597. The lowest BCUT2D eigenvalue weighted by molar-refractivity contribution is 0.0934. The molecular weight excluding hydrogens is 340 g/mol. The molecule has 0 bridgehead atoms. The van der Waals surface area contributed by atoms with Gasteiger partial charge < -0.3 is 15.4 Å². The number of carbonyl (C=O) groups is 2. The van der Waals surface area contributed by atoms with Crippen molar-refractivity contribution in [3.63, 3.8) is 0 Å². The molecule has 1 unspecified atom stereocenters. The fourth-order valence-corrected chi connectivity index (χ4v) is 1.88. The standard InChI is InChI=1S/C14H19ClN4O3S/c1-4-8(3)16-12(20)10-6-9(15)7-11(17-10)18-13(23)19-14(21)22-5-2/h6-8H,4-5H2,1-3H3,(H,16,20)(H2,17,18,19,21,23). The van der Waals surface area contributed by atoms with Gasteiger partial charge in [0.25, 0.3) is 5.91 Å². The molecule has 0 aromatic carbocycles. The molecule has 0 aliphatic heterocycles. The zero-order chi connectivity index (χ0) is 17.4. The second-order valence-electron chi connectivity index (χ2n) is 4.64. The van der Waals surface area contributed by atoms with Crippen molar-refractivity contribution in [2.24, 2.45) is 0 Å². The average Bonchev–Trinajstić information content (AvgIpc) is 2.46. The van der Waals surface area contributed by atoms with E-state index in [4.69, 9.17) is 28.6 Å². The molecule has 7 nitrogen and oxygen atoms in total. The fourth-order valence-electron chi connectivity index (χ4n) is 1.48. The Morgan fingerprint density at radius 1 is 1.39 bits per heavy atom. The van der Waals surface area contributed by atoms with Crippen LogP contribution in [0.4, 0.5) is 10.6 Å². The predicted molar refractivity (Wildman–Crippen MR) is 92.8 cm³/mol. The van der Waals surface area contributed by atoms with E-state index in [0.717, 1.165) is 6.42 Å². The van der Waals surface area contributed by atoms with E-state index in [-0.39, 0.29) is 35.2 Å². The summed E-state index contributed by atoms with van der Waals surface area (Å²) in [5.74, 6) is -0.0947. The maximum Gasteiger partial charge on any atom is 0.413 e. The summed E-state index contributed by atoms with van der Waals surface area (Å²) in [6.07, 6.45) is 0.118. The van der Waals surface area contributed by atoms with E-state index in [1.165, 1.54) is 12.1 Å². The molecular formula is C14H19ClN4O3S. The summed E-state index contributed by atoms with van der Waals surface area (Å²) in [4.78, 5) is 27.5. The molecule has 1 heterocycles. The Labute approximate surface area is 145 Å². The topological polar surface area (TPSA) is 92.4 Å². The molecule has 23 heavy (non-hydrogen) atoms. The van der Waals surface area contributed by atoms with Crippen molar-refractivity contribution in [3.05, 3.63) is 22.8 Å². The normalized spacial score (nSPS) is 11.3. The molecule has 2 amide bonds. The van der Waals surface area contributed by atoms with E-state index in [9.17, 15) is 9.59 Å². The fraction of sp³-hybridized carbons (Fsp3) is 0.429. The summed E-state index contributed by atoms with van der Waals surface area (Å²) in [7, 11) is 0. The van der Waals surface area contributed by atoms with E-state index in [2.05, 4.69) is 20.9 Å². The Hall–Kier alpha value is -1.93. The van der Waals surface area contributed by atoms with Gasteiger partial charge in [-0.2, -0.15) is 0 Å². The number of nitrogens with zero attached hydrogens (tertiary/aromatic N) is 1. The van der Waals surface area contributed by atoms with Gasteiger partial charge in [0.05, 0.1) is 6.61 Å². The van der Waals surface area contributed by atoms with Crippen molar-refractivity contribution in [1.82, 2.24) is 15.6 Å². The minimum absolute atomic E-state index is 0.00787. The third-order valence-corrected chi connectivity index (χ3v) is 3.17. The number of anilines is 1. The number of halogens is 1. The van der Waals surface area contributed by atoms with Crippen LogP contribution in [0.1, 0.15) is 37.7 Å². The number of nitrogens with one attached hydrogen (secondary N) is 3. The highest BCUT2D eigenvalue weighted by Gasteiger charge is 2.13. The molecule has 1 atom stereocenters. The van der Waals surface area contributed by atoms with Crippen LogP contribution >= 0.6 is 23.8 Å². The largest absolute Gasteiger partial charge is 0.450 e.